The van der Waals surface area contributed by atoms with Crippen LogP contribution in [0.25, 0.3) is 0 Å². The number of amides is 1. The third-order valence-corrected chi connectivity index (χ3v) is 4.93. The van der Waals surface area contributed by atoms with Crippen LogP contribution in [-0.2, 0) is 4.79 Å². The van der Waals surface area contributed by atoms with Gasteiger partial charge in [-0.1, -0.05) is 25.0 Å². The van der Waals surface area contributed by atoms with Crippen molar-refractivity contribution in [3.63, 3.8) is 0 Å². The summed E-state index contributed by atoms with van der Waals surface area (Å²) in [5.74, 6) is -0.489. The minimum absolute atomic E-state index is 0.124. The molecule has 0 radical (unpaired) electrons. The standard InChI is InChI=1S/C18H25FN2O2/c19-16-7-3-4-8-17(16)23-13-18(22)20-14-9-11-21(12-10-14)15-5-1-2-6-15/h3-4,7-8,14-15H,1-2,5-6,9-13H2,(H,20,22). The second-order valence-electron chi connectivity index (χ2n) is 6.54. The average molecular weight is 320 g/mol. The van der Waals surface area contributed by atoms with Gasteiger partial charge in [-0.15, -0.1) is 0 Å². The monoisotopic (exact) mass is 320 g/mol. The fourth-order valence-corrected chi connectivity index (χ4v) is 3.65. The van der Waals surface area contributed by atoms with Crippen LogP contribution in [0.15, 0.2) is 24.3 Å². The molecule has 0 unspecified atom stereocenters. The lowest BCUT2D eigenvalue weighted by molar-refractivity contribution is -0.124. The first kappa shape index (κ1) is 16.2. The summed E-state index contributed by atoms with van der Waals surface area (Å²) in [5.41, 5.74) is 0. The molecule has 126 valence electrons. The highest BCUT2D eigenvalue weighted by molar-refractivity contribution is 5.77. The van der Waals surface area contributed by atoms with Gasteiger partial charge >= 0.3 is 0 Å². The summed E-state index contributed by atoms with van der Waals surface area (Å²) >= 11 is 0. The number of nitrogens with zero attached hydrogens (tertiary/aromatic N) is 1. The molecular weight excluding hydrogens is 295 g/mol. The number of ether oxygens (including phenoxy) is 1. The molecule has 2 aliphatic rings. The number of likely N-dealkylation sites (tertiary alicyclic amines) is 1. The smallest absolute Gasteiger partial charge is 0.258 e. The zero-order valence-electron chi connectivity index (χ0n) is 13.5. The van der Waals surface area contributed by atoms with Crippen LogP contribution in [0.5, 0.6) is 5.75 Å². The maximum atomic E-state index is 13.4. The predicted molar refractivity (Wildman–Crippen MR) is 86.9 cm³/mol. The van der Waals surface area contributed by atoms with Gasteiger partial charge in [-0.25, -0.2) is 4.39 Å². The lowest BCUT2D eigenvalue weighted by Gasteiger charge is -2.36. The third-order valence-electron chi connectivity index (χ3n) is 4.93. The second-order valence-corrected chi connectivity index (χ2v) is 6.54. The summed E-state index contributed by atoms with van der Waals surface area (Å²) in [6.45, 7) is 1.98. The maximum Gasteiger partial charge on any atom is 0.258 e. The molecule has 1 aromatic rings. The second kappa shape index (κ2) is 7.77. The normalized spacial score (nSPS) is 20.6. The van der Waals surface area contributed by atoms with Crippen molar-refractivity contribution < 1.29 is 13.9 Å². The number of hydrogen-bond acceptors (Lipinski definition) is 3. The first-order valence-corrected chi connectivity index (χ1v) is 8.63. The van der Waals surface area contributed by atoms with Gasteiger partial charge in [0.2, 0.25) is 0 Å². The first-order chi connectivity index (χ1) is 11.2. The largest absolute Gasteiger partial charge is 0.481 e. The van der Waals surface area contributed by atoms with Crippen molar-refractivity contribution in [3.8, 4) is 5.75 Å². The van der Waals surface area contributed by atoms with E-state index in [-0.39, 0.29) is 24.3 Å². The van der Waals surface area contributed by atoms with Crippen molar-refractivity contribution >= 4 is 5.91 Å². The van der Waals surface area contributed by atoms with Crippen molar-refractivity contribution in [3.05, 3.63) is 30.1 Å². The molecular formula is C18H25FN2O2. The van der Waals surface area contributed by atoms with Crippen LogP contribution in [0.1, 0.15) is 38.5 Å². The van der Waals surface area contributed by atoms with Gasteiger partial charge in [0.1, 0.15) is 0 Å². The van der Waals surface area contributed by atoms with E-state index in [4.69, 9.17) is 4.74 Å². The van der Waals surface area contributed by atoms with E-state index < -0.39 is 5.82 Å². The highest BCUT2D eigenvalue weighted by Gasteiger charge is 2.27. The molecule has 1 saturated heterocycles. The Morgan fingerprint density at radius 2 is 1.87 bits per heavy atom. The number of rotatable bonds is 5. The maximum absolute atomic E-state index is 13.4. The Morgan fingerprint density at radius 3 is 2.57 bits per heavy atom. The third kappa shape index (κ3) is 4.44. The van der Waals surface area contributed by atoms with Crippen molar-refractivity contribution in [1.82, 2.24) is 10.2 Å². The summed E-state index contributed by atoms with van der Waals surface area (Å²) in [5, 5.41) is 3.01. The minimum atomic E-state index is -0.440. The van der Waals surface area contributed by atoms with Gasteiger partial charge in [-0.2, -0.15) is 0 Å². The van der Waals surface area contributed by atoms with Crippen molar-refractivity contribution in [2.24, 2.45) is 0 Å². The molecule has 1 aliphatic heterocycles. The zero-order chi connectivity index (χ0) is 16.1. The van der Waals surface area contributed by atoms with Crippen LogP contribution in [0.2, 0.25) is 0 Å². The number of nitrogens with one attached hydrogen (secondary N) is 1. The van der Waals surface area contributed by atoms with Crippen molar-refractivity contribution in [2.75, 3.05) is 19.7 Å². The lowest BCUT2D eigenvalue weighted by atomic mass is 10.0. The fraction of sp³-hybridized carbons (Fsp3) is 0.611. The van der Waals surface area contributed by atoms with Gasteiger partial charge in [0, 0.05) is 25.2 Å². The minimum Gasteiger partial charge on any atom is -0.481 e. The van der Waals surface area contributed by atoms with E-state index >= 15 is 0 Å². The van der Waals surface area contributed by atoms with Gasteiger partial charge < -0.3 is 15.0 Å². The Labute approximate surface area is 137 Å². The zero-order valence-corrected chi connectivity index (χ0v) is 13.5. The SMILES string of the molecule is O=C(COc1ccccc1F)NC1CCN(C2CCCC2)CC1. The molecule has 1 aliphatic carbocycles. The molecule has 3 rings (SSSR count). The summed E-state index contributed by atoms with van der Waals surface area (Å²) in [4.78, 5) is 14.5. The molecule has 2 fully saturated rings. The number of hydrogen-bond donors (Lipinski definition) is 1. The van der Waals surface area contributed by atoms with Gasteiger partial charge in [0.05, 0.1) is 0 Å². The van der Waals surface area contributed by atoms with Crippen LogP contribution < -0.4 is 10.1 Å². The van der Waals surface area contributed by atoms with Crippen LogP contribution in [0, 0.1) is 5.82 Å². The van der Waals surface area contributed by atoms with E-state index in [2.05, 4.69) is 10.2 Å². The number of para-hydroxylation sites is 1. The Kier molecular flexibility index (Phi) is 5.49. The Balaban J connectivity index is 1.38. The topological polar surface area (TPSA) is 41.6 Å². The number of piperidine rings is 1. The molecule has 1 aromatic carbocycles. The van der Waals surface area contributed by atoms with Crippen LogP contribution in [-0.4, -0.2) is 42.6 Å². The molecule has 1 N–H and O–H groups in total. The van der Waals surface area contributed by atoms with E-state index in [0.717, 1.165) is 32.0 Å². The summed E-state index contributed by atoms with van der Waals surface area (Å²) in [6, 6.07) is 7.12. The lowest BCUT2D eigenvalue weighted by Crippen LogP contribution is -2.48. The molecule has 23 heavy (non-hydrogen) atoms. The first-order valence-electron chi connectivity index (χ1n) is 8.63. The van der Waals surface area contributed by atoms with Crippen LogP contribution in [0.4, 0.5) is 4.39 Å². The van der Waals surface area contributed by atoms with E-state index in [0.29, 0.717) is 0 Å². The fourth-order valence-electron chi connectivity index (χ4n) is 3.65. The van der Waals surface area contributed by atoms with Crippen LogP contribution in [0.3, 0.4) is 0 Å². The summed E-state index contributed by atoms with van der Waals surface area (Å²) in [6.07, 6.45) is 7.34. The van der Waals surface area contributed by atoms with Gasteiger partial charge in [0.15, 0.2) is 18.2 Å². The van der Waals surface area contributed by atoms with Gasteiger partial charge in [0.25, 0.3) is 5.91 Å². The van der Waals surface area contributed by atoms with Gasteiger partial charge in [-0.3, -0.25) is 4.79 Å². The average Bonchev–Trinajstić information content (AvgIpc) is 3.09. The highest BCUT2D eigenvalue weighted by atomic mass is 19.1. The molecule has 1 saturated carbocycles. The molecule has 1 heterocycles. The molecule has 0 spiro atoms. The summed E-state index contributed by atoms with van der Waals surface area (Å²) in [7, 11) is 0. The molecule has 1 amide bonds. The number of halogens is 1. The van der Waals surface area contributed by atoms with Gasteiger partial charge in [-0.05, 0) is 37.8 Å². The van der Waals surface area contributed by atoms with E-state index in [9.17, 15) is 9.18 Å². The van der Waals surface area contributed by atoms with E-state index in [1.54, 1.807) is 12.1 Å². The Morgan fingerprint density at radius 1 is 1.17 bits per heavy atom. The number of carbonyl (C=O) groups excluding carboxylic acids is 1. The molecule has 0 atom stereocenters. The van der Waals surface area contributed by atoms with E-state index in [1.165, 1.54) is 37.8 Å². The number of benzene rings is 1. The number of carbonyl (C=O) groups is 1. The highest BCUT2D eigenvalue weighted by Crippen LogP contribution is 2.26. The molecule has 0 bridgehead atoms. The Hall–Kier alpha value is -1.62. The molecule has 0 aromatic heterocycles. The quantitative estimate of drug-likeness (QED) is 0.907. The van der Waals surface area contributed by atoms with E-state index in [1.807, 2.05) is 0 Å². The summed E-state index contributed by atoms with van der Waals surface area (Å²) < 4.78 is 18.7. The van der Waals surface area contributed by atoms with Crippen molar-refractivity contribution in [1.29, 1.82) is 0 Å². The molecule has 5 heteroatoms. The van der Waals surface area contributed by atoms with Crippen molar-refractivity contribution in [2.45, 2.75) is 50.6 Å². The Bertz CT molecular complexity index is 524. The molecule has 4 nitrogen and oxygen atoms in total. The predicted octanol–water partition coefficient (Wildman–Crippen LogP) is 2.73. The van der Waals surface area contributed by atoms with Crippen LogP contribution >= 0.6 is 0 Å².